The van der Waals surface area contributed by atoms with Crippen LogP contribution in [0.15, 0.2) is 12.1 Å². The van der Waals surface area contributed by atoms with Crippen LogP contribution in [0.1, 0.15) is 56.4 Å². The maximum atomic E-state index is 11.3. The third-order valence-electron chi connectivity index (χ3n) is 4.50. The van der Waals surface area contributed by atoms with Crippen molar-refractivity contribution in [3.63, 3.8) is 0 Å². The van der Waals surface area contributed by atoms with Gasteiger partial charge in [0.05, 0.1) is 11.2 Å². The molecule has 0 aromatic heterocycles. The highest BCUT2D eigenvalue weighted by Gasteiger charge is 2.57. The smallest absolute Gasteiger partial charge is 0.121 e. The van der Waals surface area contributed by atoms with Crippen molar-refractivity contribution < 1.29 is 9.84 Å². The van der Waals surface area contributed by atoms with Gasteiger partial charge in [0.2, 0.25) is 0 Å². The fraction of sp³-hybridized carbons (Fsp3) is 0.647. The van der Waals surface area contributed by atoms with Gasteiger partial charge in [-0.3, -0.25) is 0 Å². The molecule has 1 atom stereocenters. The molecule has 0 saturated carbocycles. The third kappa shape index (κ3) is 2.21. The van der Waals surface area contributed by atoms with Gasteiger partial charge in [-0.25, -0.2) is 0 Å². The molecule has 1 aromatic carbocycles. The largest absolute Gasteiger partial charge is 0.382 e. The molecule has 2 nitrogen and oxygen atoms in total. The van der Waals surface area contributed by atoms with Crippen molar-refractivity contribution in [3.8, 4) is 0 Å². The second-order valence-corrected chi connectivity index (χ2v) is 7.16. The van der Waals surface area contributed by atoms with E-state index in [0.29, 0.717) is 6.42 Å². The quantitative estimate of drug-likeness (QED) is 0.834. The molecule has 0 spiro atoms. The molecular formula is C17H26O2. The fourth-order valence-electron chi connectivity index (χ4n) is 3.47. The Morgan fingerprint density at radius 2 is 1.47 bits per heavy atom. The SMILES string of the molecule is Cc1cc(C)c(C2(O)CC(C)(C)OC2(C)C)cc1C. The van der Waals surface area contributed by atoms with E-state index in [4.69, 9.17) is 4.74 Å². The standard InChI is InChI=1S/C17H26O2/c1-11-8-13(3)14(9-12(11)2)17(18)10-15(4,5)19-16(17,6)7/h8-9,18H,10H2,1-7H3. The molecule has 2 heteroatoms. The number of aliphatic hydroxyl groups is 1. The number of ether oxygens (including phenoxy) is 1. The zero-order chi connectivity index (χ0) is 14.6. The van der Waals surface area contributed by atoms with E-state index in [-0.39, 0.29) is 5.60 Å². The molecule has 1 aliphatic heterocycles. The minimum absolute atomic E-state index is 0.302. The zero-order valence-corrected chi connectivity index (χ0v) is 13.2. The molecule has 1 N–H and O–H groups in total. The van der Waals surface area contributed by atoms with Crippen molar-refractivity contribution in [1.29, 1.82) is 0 Å². The van der Waals surface area contributed by atoms with Crippen LogP contribution in [-0.4, -0.2) is 16.3 Å². The van der Waals surface area contributed by atoms with Gasteiger partial charge in [-0.2, -0.15) is 0 Å². The maximum absolute atomic E-state index is 11.3. The van der Waals surface area contributed by atoms with E-state index in [9.17, 15) is 5.11 Å². The second-order valence-electron chi connectivity index (χ2n) is 7.16. The van der Waals surface area contributed by atoms with Crippen molar-refractivity contribution in [1.82, 2.24) is 0 Å². The number of benzene rings is 1. The van der Waals surface area contributed by atoms with E-state index in [0.717, 1.165) is 11.1 Å². The van der Waals surface area contributed by atoms with Crippen molar-refractivity contribution in [2.75, 3.05) is 0 Å². The number of aryl methyl sites for hydroxylation is 3. The lowest BCUT2D eigenvalue weighted by Crippen LogP contribution is -2.44. The van der Waals surface area contributed by atoms with Crippen LogP contribution in [0.2, 0.25) is 0 Å². The van der Waals surface area contributed by atoms with Gasteiger partial charge in [0.25, 0.3) is 0 Å². The maximum Gasteiger partial charge on any atom is 0.121 e. The number of rotatable bonds is 1. The third-order valence-corrected chi connectivity index (χ3v) is 4.50. The molecule has 0 amide bonds. The average molecular weight is 262 g/mol. The Balaban J connectivity index is 2.60. The minimum atomic E-state index is -0.932. The van der Waals surface area contributed by atoms with E-state index in [2.05, 4.69) is 32.9 Å². The molecular weight excluding hydrogens is 236 g/mol. The number of hydrogen-bond acceptors (Lipinski definition) is 2. The van der Waals surface area contributed by atoms with Crippen LogP contribution in [0.4, 0.5) is 0 Å². The highest BCUT2D eigenvalue weighted by Crippen LogP contribution is 2.51. The number of hydrogen-bond donors (Lipinski definition) is 1. The molecule has 1 aromatic rings. The lowest BCUT2D eigenvalue weighted by atomic mass is 9.75. The summed E-state index contributed by atoms with van der Waals surface area (Å²) in [5, 5.41) is 11.3. The van der Waals surface area contributed by atoms with Gasteiger partial charge >= 0.3 is 0 Å². The summed E-state index contributed by atoms with van der Waals surface area (Å²) in [5.41, 5.74) is 2.81. The highest BCUT2D eigenvalue weighted by molar-refractivity contribution is 5.42. The van der Waals surface area contributed by atoms with Crippen molar-refractivity contribution in [2.24, 2.45) is 0 Å². The van der Waals surface area contributed by atoms with E-state index < -0.39 is 11.2 Å². The van der Waals surface area contributed by atoms with Crippen molar-refractivity contribution in [2.45, 2.75) is 71.7 Å². The molecule has 1 heterocycles. The van der Waals surface area contributed by atoms with Crippen LogP contribution in [0, 0.1) is 20.8 Å². The Morgan fingerprint density at radius 3 is 1.95 bits per heavy atom. The van der Waals surface area contributed by atoms with Crippen LogP contribution < -0.4 is 0 Å². The Labute approximate surface area is 116 Å². The predicted octanol–water partition coefficient (Wildman–Crippen LogP) is 3.78. The van der Waals surface area contributed by atoms with E-state index in [1.54, 1.807) is 0 Å². The normalized spacial score (nSPS) is 28.6. The first kappa shape index (κ1) is 14.5. The summed E-state index contributed by atoms with van der Waals surface area (Å²) in [7, 11) is 0. The molecule has 106 valence electrons. The molecule has 0 radical (unpaired) electrons. The summed E-state index contributed by atoms with van der Waals surface area (Å²) in [6, 6.07) is 4.28. The Bertz CT molecular complexity index is 514. The summed E-state index contributed by atoms with van der Waals surface area (Å²) in [4.78, 5) is 0. The highest BCUT2D eigenvalue weighted by atomic mass is 16.5. The average Bonchev–Trinajstić information content (AvgIpc) is 2.37. The van der Waals surface area contributed by atoms with Gasteiger partial charge in [0, 0.05) is 6.42 Å². The predicted molar refractivity (Wildman–Crippen MR) is 78.4 cm³/mol. The molecule has 1 fully saturated rings. The van der Waals surface area contributed by atoms with E-state index in [1.165, 1.54) is 11.1 Å². The lowest BCUT2D eigenvalue weighted by molar-refractivity contribution is -0.130. The van der Waals surface area contributed by atoms with Crippen LogP contribution >= 0.6 is 0 Å². The van der Waals surface area contributed by atoms with Crippen LogP contribution in [-0.2, 0) is 10.3 Å². The first-order valence-corrected chi connectivity index (χ1v) is 6.99. The van der Waals surface area contributed by atoms with Crippen molar-refractivity contribution in [3.05, 3.63) is 34.4 Å². The molecule has 0 bridgehead atoms. The Kier molecular flexibility index (Phi) is 3.11. The summed E-state index contributed by atoms with van der Waals surface area (Å²) in [6.07, 6.45) is 0.621. The minimum Gasteiger partial charge on any atom is -0.382 e. The topological polar surface area (TPSA) is 29.5 Å². The van der Waals surface area contributed by atoms with Crippen LogP contribution in [0.3, 0.4) is 0 Å². The molecule has 2 rings (SSSR count). The van der Waals surface area contributed by atoms with Crippen LogP contribution in [0.25, 0.3) is 0 Å². The first-order chi connectivity index (χ1) is 8.48. The fourth-order valence-corrected chi connectivity index (χ4v) is 3.47. The molecule has 1 aliphatic rings. The van der Waals surface area contributed by atoms with Gasteiger partial charge in [-0.05, 0) is 70.7 Å². The van der Waals surface area contributed by atoms with Gasteiger partial charge in [-0.15, -0.1) is 0 Å². The summed E-state index contributed by atoms with van der Waals surface area (Å²) in [5.74, 6) is 0. The first-order valence-electron chi connectivity index (χ1n) is 6.99. The van der Waals surface area contributed by atoms with Gasteiger partial charge in [0.15, 0.2) is 0 Å². The summed E-state index contributed by atoms with van der Waals surface area (Å²) in [6.45, 7) is 14.3. The Morgan fingerprint density at radius 1 is 0.947 bits per heavy atom. The van der Waals surface area contributed by atoms with Gasteiger partial charge in [0.1, 0.15) is 5.60 Å². The zero-order valence-electron chi connectivity index (χ0n) is 13.2. The molecule has 1 unspecified atom stereocenters. The molecule has 19 heavy (non-hydrogen) atoms. The Hall–Kier alpha value is -0.860. The van der Waals surface area contributed by atoms with Gasteiger partial charge in [-0.1, -0.05) is 12.1 Å². The monoisotopic (exact) mass is 262 g/mol. The second kappa shape index (κ2) is 4.07. The lowest BCUT2D eigenvalue weighted by Gasteiger charge is -2.37. The summed E-state index contributed by atoms with van der Waals surface area (Å²) < 4.78 is 6.08. The van der Waals surface area contributed by atoms with Crippen molar-refractivity contribution >= 4 is 0 Å². The molecule has 0 aliphatic carbocycles. The van der Waals surface area contributed by atoms with Gasteiger partial charge < -0.3 is 9.84 Å². The van der Waals surface area contributed by atoms with E-state index in [1.807, 2.05) is 27.7 Å². The molecule has 1 saturated heterocycles. The van der Waals surface area contributed by atoms with Crippen LogP contribution in [0.5, 0.6) is 0 Å². The van der Waals surface area contributed by atoms with E-state index >= 15 is 0 Å². The summed E-state index contributed by atoms with van der Waals surface area (Å²) >= 11 is 0.